The van der Waals surface area contributed by atoms with Gasteiger partial charge >= 0.3 is 0 Å². The van der Waals surface area contributed by atoms with Crippen LogP contribution in [0.25, 0.3) is 0 Å². The Morgan fingerprint density at radius 2 is 1.22 bits per heavy atom. The van der Waals surface area contributed by atoms with Crippen molar-refractivity contribution in [3.05, 3.63) is 0 Å². The first-order chi connectivity index (χ1) is 3.80. The van der Waals surface area contributed by atoms with Crippen LogP contribution in [0.4, 0.5) is 0 Å². The van der Waals surface area contributed by atoms with Gasteiger partial charge in [-0.15, -0.1) is 0 Å². The van der Waals surface area contributed by atoms with Gasteiger partial charge < -0.3 is 0 Å². The molecule has 0 bridgehead atoms. The van der Waals surface area contributed by atoms with Gasteiger partial charge in [0.15, 0.2) is 11.6 Å². The molecule has 2 nitrogen and oxygen atoms in total. The molecule has 0 saturated heterocycles. The van der Waals surface area contributed by atoms with Crippen LogP contribution < -0.4 is 0 Å². The fourth-order valence-corrected chi connectivity index (χ4v) is 0.850. The molecule has 0 atom stereocenters. The average Bonchev–Trinajstić information content (AvgIpc) is 1.77. The second-order valence-electron chi connectivity index (χ2n) is 2.05. The molecule has 0 aromatic rings. The molecule has 0 spiro atoms. The van der Waals surface area contributed by atoms with E-state index in [1.807, 2.05) is 0 Å². The van der Waals surface area contributed by atoms with E-state index >= 15 is 0 Å². The van der Waals surface area contributed by atoms with E-state index < -0.39 is 0 Å². The molecule has 0 aromatic carbocycles. The van der Waals surface area contributed by atoms with E-state index in [0.717, 1.165) is 12.8 Å². The third-order valence-electron chi connectivity index (χ3n) is 1.37. The normalized spacial score (nSPS) is 19.1. The molecule has 3 heteroatoms. The van der Waals surface area contributed by atoms with Crippen LogP contribution in [0, 0.1) is 0 Å². The Kier molecular flexibility index (Phi) is 4.36. The van der Waals surface area contributed by atoms with Gasteiger partial charge in [-0.3, -0.25) is 9.59 Å². The molecule has 45 valence electrons. The fraction of sp³-hybridized carbons (Fsp3) is 0.667. The largest absolute Gasteiger partial charge is 0.291 e. The molecule has 1 fully saturated rings. The number of hydrogen-bond donors (Lipinski definition) is 0. The Morgan fingerprint density at radius 1 is 0.889 bits per heavy atom. The summed E-state index contributed by atoms with van der Waals surface area (Å²) in [7, 11) is 0. The van der Waals surface area contributed by atoms with Crippen LogP contribution in [0.15, 0.2) is 0 Å². The molecular weight excluding hydrogens is 127 g/mol. The predicted molar refractivity (Wildman–Crippen MR) is 34.2 cm³/mol. The van der Waals surface area contributed by atoms with Gasteiger partial charge in [0.1, 0.15) is 0 Å². The van der Waals surface area contributed by atoms with Crippen molar-refractivity contribution in [2.45, 2.75) is 25.7 Å². The second-order valence-corrected chi connectivity index (χ2v) is 2.05. The van der Waals surface area contributed by atoms with Gasteiger partial charge in [0.05, 0.1) is 0 Å². The molecule has 1 aliphatic carbocycles. The molecule has 1 rings (SSSR count). The first-order valence-corrected chi connectivity index (χ1v) is 2.87. The van der Waals surface area contributed by atoms with Crippen molar-refractivity contribution in [3.8, 4) is 0 Å². The van der Waals surface area contributed by atoms with Crippen LogP contribution in [0.5, 0.6) is 0 Å². The van der Waals surface area contributed by atoms with Gasteiger partial charge in [-0.05, 0) is 12.8 Å². The van der Waals surface area contributed by atoms with E-state index in [9.17, 15) is 9.59 Å². The summed E-state index contributed by atoms with van der Waals surface area (Å²) in [5, 5.41) is 0. The summed E-state index contributed by atoms with van der Waals surface area (Å²) in [6.07, 6.45) is 2.78. The first-order valence-electron chi connectivity index (χ1n) is 2.87. The van der Waals surface area contributed by atoms with Gasteiger partial charge in [0.25, 0.3) is 0 Å². The van der Waals surface area contributed by atoms with Gasteiger partial charge in [-0.2, -0.15) is 0 Å². The molecule has 1 aliphatic rings. The summed E-state index contributed by atoms with van der Waals surface area (Å²) >= 11 is 0. The van der Waals surface area contributed by atoms with Gasteiger partial charge in [-0.1, -0.05) is 0 Å². The van der Waals surface area contributed by atoms with E-state index in [-0.39, 0.29) is 41.1 Å². The van der Waals surface area contributed by atoms with Crippen molar-refractivity contribution in [2.75, 3.05) is 0 Å². The zero-order valence-electron chi connectivity index (χ0n) is 5.64. The Morgan fingerprint density at radius 3 is 1.44 bits per heavy atom. The molecule has 0 amide bonds. The number of hydrogen-bond acceptors (Lipinski definition) is 2. The maximum atomic E-state index is 10.4. The summed E-state index contributed by atoms with van der Waals surface area (Å²) in [5.41, 5.74) is 0. The van der Waals surface area contributed by atoms with E-state index in [0.29, 0.717) is 12.8 Å². The number of rotatable bonds is 0. The first kappa shape index (κ1) is 9.34. The van der Waals surface area contributed by atoms with Crippen LogP contribution in [0.3, 0.4) is 0 Å². The van der Waals surface area contributed by atoms with Crippen LogP contribution in [0.1, 0.15) is 25.7 Å². The van der Waals surface area contributed by atoms with Crippen LogP contribution in [-0.2, 0) is 9.59 Å². The SMILES string of the molecule is O=C1CCCCC1=O.[Na]. The van der Waals surface area contributed by atoms with Crippen LogP contribution >= 0.6 is 0 Å². The van der Waals surface area contributed by atoms with Crippen molar-refractivity contribution >= 4 is 41.1 Å². The minimum atomic E-state index is -0.170. The minimum absolute atomic E-state index is 0. The number of carbonyl (C=O) groups is 2. The number of Topliss-reactive ketones (excluding diaryl/α,β-unsaturated/α-hetero) is 2. The maximum absolute atomic E-state index is 10.4. The second kappa shape index (κ2) is 4.20. The van der Waals surface area contributed by atoms with Crippen molar-refractivity contribution < 1.29 is 9.59 Å². The summed E-state index contributed by atoms with van der Waals surface area (Å²) in [5.74, 6) is -0.340. The Balaban J connectivity index is 0.000000640. The molecular formula is C6H8NaO2. The molecule has 0 aliphatic heterocycles. The van der Waals surface area contributed by atoms with Crippen molar-refractivity contribution in [3.63, 3.8) is 0 Å². The minimum Gasteiger partial charge on any atom is -0.291 e. The van der Waals surface area contributed by atoms with Crippen molar-refractivity contribution in [1.29, 1.82) is 0 Å². The molecule has 0 aromatic heterocycles. The monoisotopic (exact) mass is 135 g/mol. The molecule has 1 saturated carbocycles. The molecule has 0 heterocycles. The quantitative estimate of drug-likeness (QED) is 0.354. The van der Waals surface area contributed by atoms with E-state index in [1.54, 1.807) is 0 Å². The summed E-state index contributed by atoms with van der Waals surface area (Å²) in [6.45, 7) is 0. The zero-order valence-corrected chi connectivity index (χ0v) is 7.64. The van der Waals surface area contributed by atoms with Crippen molar-refractivity contribution in [2.24, 2.45) is 0 Å². The summed E-state index contributed by atoms with van der Waals surface area (Å²) in [6, 6.07) is 0. The predicted octanol–water partition coefficient (Wildman–Crippen LogP) is 0.318. The Hall–Kier alpha value is 0.340. The number of ketones is 2. The van der Waals surface area contributed by atoms with E-state index in [2.05, 4.69) is 0 Å². The Labute approximate surface area is 76.3 Å². The van der Waals surface area contributed by atoms with E-state index in [1.165, 1.54) is 0 Å². The van der Waals surface area contributed by atoms with E-state index in [4.69, 9.17) is 0 Å². The van der Waals surface area contributed by atoms with Crippen molar-refractivity contribution in [1.82, 2.24) is 0 Å². The average molecular weight is 135 g/mol. The van der Waals surface area contributed by atoms with Crippen LogP contribution in [0.2, 0.25) is 0 Å². The topological polar surface area (TPSA) is 34.1 Å². The molecule has 0 N–H and O–H groups in total. The van der Waals surface area contributed by atoms with Gasteiger partial charge in [0.2, 0.25) is 0 Å². The Bertz CT molecular complexity index is 115. The maximum Gasteiger partial charge on any atom is 0.198 e. The molecule has 1 radical (unpaired) electrons. The smallest absolute Gasteiger partial charge is 0.198 e. The standard InChI is InChI=1S/C6H8O2.Na/c7-5-3-1-2-4-6(5)8;/h1-4H2;. The van der Waals surface area contributed by atoms with Gasteiger partial charge in [-0.25, -0.2) is 0 Å². The number of carbonyl (C=O) groups excluding carboxylic acids is 2. The molecule has 9 heavy (non-hydrogen) atoms. The van der Waals surface area contributed by atoms with Crippen LogP contribution in [-0.4, -0.2) is 41.1 Å². The fourth-order valence-electron chi connectivity index (χ4n) is 0.850. The molecule has 0 unspecified atom stereocenters. The van der Waals surface area contributed by atoms with Gasteiger partial charge in [0, 0.05) is 42.4 Å². The summed E-state index contributed by atoms with van der Waals surface area (Å²) < 4.78 is 0. The summed E-state index contributed by atoms with van der Waals surface area (Å²) in [4.78, 5) is 20.9. The zero-order chi connectivity index (χ0) is 5.98. The third kappa shape index (κ3) is 2.61. The third-order valence-corrected chi connectivity index (χ3v) is 1.37.